The van der Waals surface area contributed by atoms with Gasteiger partial charge in [-0.1, -0.05) is 0 Å². The fraction of sp³-hybridized carbons (Fsp3) is 0.125. The number of hydrogen-bond acceptors (Lipinski definition) is 3. The van der Waals surface area contributed by atoms with Crippen LogP contribution >= 0.6 is 0 Å². The maximum atomic E-state index is 10.9. The topological polar surface area (TPSA) is 77.8 Å². The van der Waals surface area contributed by atoms with Gasteiger partial charge < -0.3 is 0 Å². The number of para-hydroxylation sites is 1. The number of rotatable bonds is 2. The Kier molecular flexibility index (Phi) is 3.52. The SMILES string of the molecule is CC(=O)N(O)c1ccccc1[As](=O)O. The van der Waals surface area contributed by atoms with Crippen LogP contribution in [0.2, 0.25) is 0 Å². The van der Waals surface area contributed by atoms with Crippen molar-refractivity contribution in [2.75, 3.05) is 5.06 Å². The zero-order valence-electron chi connectivity index (χ0n) is 7.41. The molecule has 0 aromatic heterocycles. The van der Waals surface area contributed by atoms with E-state index in [1.807, 2.05) is 0 Å². The van der Waals surface area contributed by atoms with Crippen LogP contribution in [0.3, 0.4) is 0 Å². The molecule has 0 aliphatic heterocycles. The van der Waals surface area contributed by atoms with Crippen LogP contribution in [0.25, 0.3) is 0 Å². The van der Waals surface area contributed by atoms with E-state index >= 15 is 0 Å². The summed E-state index contributed by atoms with van der Waals surface area (Å²) in [5.41, 5.74) is 0.0671. The molecule has 0 bridgehead atoms. The Balaban J connectivity index is 3.19. The van der Waals surface area contributed by atoms with E-state index in [1.54, 1.807) is 12.1 Å². The summed E-state index contributed by atoms with van der Waals surface area (Å²) < 4.78 is 20.0. The van der Waals surface area contributed by atoms with Crippen LogP contribution in [0.5, 0.6) is 0 Å². The van der Waals surface area contributed by atoms with Crippen molar-refractivity contribution in [3.63, 3.8) is 0 Å². The average molecular weight is 258 g/mol. The van der Waals surface area contributed by atoms with Gasteiger partial charge in [0.1, 0.15) is 0 Å². The number of amides is 1. The molecule has 75 valence electrons. The van der Waals surface area contributed by atoms with Crippen molar-refractivity contribution in [2.45, 2.75) is 6.92 Å². The Morgan fingerprint density at radius 2 is 2.00 bits per heavy atom. The number of anilines is 1. The molecule has 14 heavy (non-hydrogen) atoms. The molecule has 6 heteroatoms. The molecule has 1 aromatic carbocycles. The minimum atomic E-state index is -3.33. The molecule has 1 atom stereocenters. The molecule has 1 radical (unpaired) electrons. The van der Waals surface area contributed by atoms with E-state index in [0.717, 1.165) is 6.92 Å². The van der Waals surface area contributed by atoms with E-state index in [-0.39, 0.29) is 10.0 Å². The Bertz CT molecular complexity index is 379. The van der Waals surface area contributed by atoms with Crippen molar-refractivity contribution in [3.05, 3.63) is 24.3 Å². The van der Waals surface area contributed by atoms with Gasteiger partial charge in [0.25, 0.3) is 0 Å². The van der Waals surface area contributed by atoms with Gasteiger partial charge in [-0.25, -0.2) is 0 Å². The van der Waals surface area contributed by atoms with Crippen molar-refractivity contribution in [2.24, 2.45) is 0 Å². The number of nitrogens with zero attached hydrogens (tertiary/aromatic N) is 1. The van der Waals surface area contributed by atoms with E-state index in [0.29, 0.717) is 5.06 Å². The molecule has 1 amide bonds. The molecular formula is C8H9AsNO4. The van der Waals surface area contributed by atoms with Crippen LogP contribution in [-0.2, 0) is 8.53 Å². The molecule has 0 heterocycles. The molecule has 1 unspecified atom stereocenters. The molecule has 0 saturated heterocycles. The van der Waals surface area contributed by atoms with E-state index in [1.165, 1.54) is 12.1 Å². The fourth-order valence-corrected chi connectivity index (χ4v) is 2.19. The zero-order valence-corrected chi connectivity index (χ0v) is 9.29. The van der Waals surface area contributed by atoms with E-state index in [4.69, 9.17) is 4.10 Å². The first-order valence-corrected chi connectivity index (χ1v) is 6.33. The van der Waals surface area contributed by atoms with Gasteiger partial charge in [-0.05, 0) is 0 Å². The van der Waals surface area contributed by atoms with Gasteiger partial charge in [0, 0.05) is 0 Å². The molecule has 0 spiro atoms. The van der Waals surface area contributed by atoms with Crippen LogP contribution in [0.4, 0.5) is 5.69 Å². The van der Waals surface area contributed by atoms with Crippen molar-refractivity contribution < 1.29 is 17.8 Å². The first-order valence-electron chi connectivity index (χ1n) is 3.78. The number of benzene rings is 1. The summed E-state index contributed by atoms with van der Waals surface area (Å²) in [6.45, 7) is 1.16. The van der Waals surface area contributed by atoms with Gasteiger partial charge in [0.15, 0.2) is 0 Å². The summed E-state index contributed by atoms with van der Waals surface area (Å²) in [5, 5.41) is 9.65. The summed E-state index contributed by atoms with van der Waals surface area (Å²) in [7, 11) is 0. The standard InChI is InChI=1S/C8H9AsNO4/c1-6(11)10(14)8-5-3-2-4-7(8)9(12)13/h2-5,14H,1H3,(H,12,13). The van der Waals surface area contributed by atoms with Crippen LogP contribution in [0, 0.1) is 0 Å². The summed E-state index contributed by atoms with van der Waals surface area (Å²) >= 11 is -3.33. The summed E-state index contributed by atoms with van der Waals surface area (Å²) in [6.07, 6.45) is 0. The molecule has 2 N–H and O–H groups in total. The van der Waals surface area contributed by atoms with Crippen LogP contribution in [0.1, 0.15) is 6.92 Å². The normalized spacial score (nSPS) is 10.9. The Morgan fingerprint density at radius 1 is 1.43 bits per heavy atom. The molecule has 0 aliphatic rings. The molecule has 0 saturated carbocycles. The first kappa shape index (κ1) is 11.0. The Morgan fingerprint density at radius 3 is 2.50 bits per heavy atom. The Labute approximate surface area is 85.4 Å². The second kappa shape index (κ2) is 4.46. The predicted molar refractivity (Wildman–Crippen MR) is 49.7 cm³/mol. The monoisotopic (exact) mass is 258 g/mol. The van der Waals surface area contributed by atoms with Crippen LogP contribution in [-0.4, -0.2) is 30.1 Å². The predicted octanol–water partition coefficient (Wildman–Crippen LogP) is -0.453. The van der Waals surface area contributed by atoms with Crippen molar-refractivity contribution in [3.8, 4) is 0 Å². The van der Waals surface area contributed by atoms with Gasteiger partial charge in [0.2, 0.25) is 0 Å². The van der Waals surface area contributed by atoms with Crippen molar-refractivity contribution in [1.29, 1.82) is 0 Å². The number of hydrogen-bond donors (Lipinski definition) is 2. The van der Waals surface area contributed by atoms with E-state index in [2.05, 4.69) is 0 Å². The van der Waals surface area contributed by atoms with Crippen molar-refractivity contribution >= 4 is 30.9 Å². The third kappa shape index (κ3) is 2.26. The van der Waals surface area contributed by atoms with Gasteiger partial charge in [-0.15, -0.1) is 0 Å². The molecule has 0 aliphatic carbocycles. The quantitative estimate of drug-likeness (QED) is 0.427. The molecular weight excluding hydrogens is 249 g/mol. The van der Waals surface area contributed by atoms with Gasteiger partial charge >= 0.3 is 85.0 Å². The average Bonchev–Trinajstić information content (AvgIpc) is 2.16. The van der Waals surface area contributed by atoms with Crippen molar-refractivity contribution in [1.82, 2.24) is 0 Å². The second-order valence-electron chi connectivity index (χ2n) is 2.59. The summed E-state index contributed by atoms with van der Waals surface area (Å²) in [5.74, 6) is -0.603. The van der Waals surface area contributed by atoms with Crippen LogP contribution in [0.15, 0.2) is 24.3 Å². The number of hydroxylamine groups is 1. The first-order chi connectivity index (χ1) is 6.54. The third-order valence-corrected chi connectivity index (χ3v) is 3.27. The van der Waals surface area contributed by atoms with E-state index < -0.39 is 20.8 Å². The summed E-state index contributed by atoms with van der Waals surface area (Å²) in [4.78, 5) is 10.8. The van der Waals surface area contributed by atoms with Gasteiger partial charge in [-0.3, -0.25) is 0 Å². The molecule has 1 rings (SSSR count). The maximum absolute atomic E-state index is 10.9. The molecule has 0 fully saturated rings. The fourth-order valence-electron chi connectivity index (χ4n) is 0.975. The second-order valence-corrected chi connectivity index (χ2v) is 4.75. The number of carbonyl (C=O) groups is 1. The third-order valence-electron chi connectivity index (χ3n) is 1.61. The number of carbonyl (C=O) groups excluding carboxylic acids is 1. The zero-order chi connectivity index (χ0) is 10.7. The molecule has 5 nitrogen and oxygen atoms in total. The van der Waals surface area contributed by atoms with E-state index in [9.17, 15) is 13.7 Å². The van der Waals surface area contributed by atoms with Gasteiger partial charge in [-0.2, -0.15) is 0 Å². The Hall–Kier alpha value is -1.03. The van der Waals surface area contributed by atoms with Gasteiger partial charge in [0.05, 0.1) is 0 Å². The summed E-state index contributed by atoms with van der Waals surface area (Å²) in [6, 6.07) is 5.96. The molecule has 1 aromatic rings. The van der Waals surface area contributed by atoms with Crippen LogP contribution < -0.4 is 9.41 Å². The minimum absolute atomic E-state index is 0.0671.